The van der Waals surface area contributed by atoms with Crippen LogP contribution in [0.3, 0.4) is 0 Å². The predicted molar refractivity (Wildman–Crippen MR) is 74.0 cm³/mol. The van der Waals surface area contributed by atoms with Crippen LogP contribution in [0.15, 0.2) is 54.6 Å². The zero-order valence-electron chi connectivity index (χ0n) is 10.9. The molecule has 0 spiro atoms. The lowest BCUT2D eigenvalue weighted by atomic mass is 9.88. The third kappa shape index (κ3) is 2.48. The number of rotatable bonds is 2. The lowest BCUT2D eigenvalue weighted by Crippen LogP contribution is -2.44. The summed E-state index contributed by atoms with van der Waals surface area (Å²) in [4.78, 5) is 5.69. The Kier molecular flexibility index (Phi) is 3.01. The predicted octanol–water partition coefficient (Wildman–Crippen LogP) is 3.37. The lowest BCUT2D eigenvalue weighted by Gasteiger charge is -2.38. The molecule has 2 aromatic rings. The van der Waals surface area contributed by atoms with Crippen molar-refractivity contribution in [1.29, 1.82) is 0 Å². The van der Waals surface area contributed by atoms with Gasteiger partial charge in [-0.1, -0.05) is 48.5 Å². The molecule has 0 amide bonds. The molecule has 3 nitrogen and oxygen atoms in total. The maximum absolute atomic E-state index is 9.99. The Labute approximate surface area is 113 Å². The van der Waals surface area contributed by atoms with Crippen LogP contribution >= 0.6 is 0 Å². The zero-order chi connectivity index (χ0) is 13.3. The molecule has 1 unspecified atom stereocenters. The van der Waals surface area contributed by atoms with E-state index in [0.717, 1.165) is 29.3 Å². The van der Waals surface area contributed by atoms with Gasteiger partial charge in [-0.05, 0) is 24.1 Å². The second-order valence-electron chi connectivity index (χ2n) is 5.28. The van der Waals surface area contributed by atoms with Gasteiger partial charge in [0.25, 0.3) is 0 Å². The summed E-state index contributed by atoms with van der Waals surface area (Å²) in [6.07, 6.45) is 1.55. The van der Waals surface area contributed by atoms with Gasteiger partial charge in [0, 0.05) is 12.8 Å². The van der Waals surface area contributed by atoms with E-state index in [-0.39, 0.29) is 0 Å². The summed E-state index contributed by atoms with van der Waals surface area (Å²) >= 11 is 0. The Bertz CT molecular complexity index is 570. The third-order valence-electron chi connectivity index (χ3n) is 3.49. The van der Waals surface area contributed by atoms with Gasteiger partial charge in [0.1, 0.15) is 5.60 Å². The molecule has 1 N–H and O–H groups in total. The average molecular weight is 255 g/mol. The van der Waals surface area contributed by atoms with Gasteiger partial charge in [-0.3, -0.25) is 5.21 Å². The number of benzene rings is 2. The minimum absolute atomic E-state index is 0.426. The molecule has 2 aromatic carbocycles. The van der Waals surface area contributed by atoms with Crippen molar-refractivity contribution < 1.29 is 10.0 Å². The fraction of sp³-hybridized carbons (Fsp3) is 0.250. The molecule has 3 heteroatoms. The molecule has 1 heterocycles. The van der Waals surface area contributed by atoms with E-state index < -0.39 is 5.60 Å². The number of fused-ring (bicyclic) bond motifs is 1. The van der Waals surface area contributed by atoms with Crippen LogP contribution in [0.1, 0.15) is 18.1 Å². The van der Waals surface area contributed by atoms with Crippen LogP contribution in [0.25, 0.3) is 0 Å². The van der Waals surface area contributed by atoms with E-state index >= 15 is 0 Å². The van der Waals surface area contributed by atoms with Gasteiger partial charge in [0.2, 0.25) is 0 Å². The molecule has 0 saturated heterocycles. The summed E-state index contributed by atoms with van der Waals surface area (Å²) in [5.74, 6) is 0. The Balaban J connectivity index is 1.87. The van der Waals surface area contributed by atoms with E-state index in [2.05, 4.69) is 12.1 Å². The van der Waals surface area contributed by atoms with Crippen molar-refractivity contribution in [1.82, 2.24) is 0 Å². The number of hydrogen-bond donors (Lipinski definition) is 1. The molecule has 0 fully saturated rings. The topological polar surface area (TPSA) is 32.7 Å². The van der Waals surface area contributed by atoms with Crippen molar-refractivity contribution in [3.8, 4) is 0 Å². The molecule has 0 saturated carbocycles. The van der Waals surface area contributed by atoms with E-state index in [9.17, 15) is 5.21 Å². The highest BCUT2D eigenvalue weighted by Gasteiger charge is 2.35. The molecule has 0 aliphatic carbocycles. The number of nitrogens with zero attached hydrogens (tertiary/aromatic N) is 1. The van der Waals surface area contributed by atoms with Crippen LogP contribution in [0.4, 0.5) is 5.69 Å². The molecular formula is C16H17NO2. The van der Waals surface area contributed by atoms with E-state index in [1.165, 1.54) is 5.56 Å². The number of hydrogen-bond acceptors (Lipinski definition) is 3. The highest BCUT2D eigenvalue weighted by Crippen LogP contribution is 2.34. The molecule has 98 valence electrons. The second kappa shape index (κ2) is 4.68. The Morgan fingerprint density at radius 3 is 2.58 bits per heavy atom. The summed E-state index contributed by atoms with van der Waals surface area (Å²) in [6, 6.07) is 18.0. The first kappa shape index (κ1) is 12.2. The van der Waals surface area contributed by atoms with Crippen molar-refractivity contribution in [3.05, 3.63) is 65.7 Å². The number of para-hydroxylation sites is 1. The van der Waals surface area contributed by atoms with Gasteiger partial charge in [0.05, 0.1) is 5.69 Å². The first-order valence-electron chi connectivity index (χ1n) is 6.46. The summed E-state index contributed by atoms with van der Waals surface area (Å²) < 4.78 is 0. The van der Waals surface area contributed by atoms with E-state index in [1.807, 2.05) is 49.4 Å². The lowest BCUT2D eigenvalue weighted by molar-refractivity contribution is -0.143. The molecule has 0 radical (unpaired) electrons. The molecule has 19 heavy (non-hydrogen) atoms. The van der Waals surface area contributed by atoms with Crippen LogP contribution in [0.5, 0.6) is 0 Å². The molecule has 3 rings (SSSR count). The van der Waals surface area contributed by atoms with Crippen LogP contribution in [-0.4, -0.2) is 10.8 Å². The first-order chi connectivity index (χ1) is 9.16. The zero-order valence-corrected chi connectivity index (χ0v) is 10.9. The van der Waals surface area contributed by atoms with Gasteiger partial charge in [-0.2, -0.15) is 0 Å². The Morgan fingerprint density at radius 1 is 1.11 bits per heavy atom. The SMILES string of the molecule is CC1(Cc2ccccc2)Cc2ccccc2N(O)O1. The normalized spacial score (nSPS) is 22.1. The van der Waals surface area contributed by atoms with Crippen molar-refractivity contribution in [2.75, 3.05) is 5.23 Å². The van der Waals surface area contributed by atoms with Crippen LogP contribution < -0.4 is 5.23 Å². The van der Waals surface area contributed by atoms with Gasteiger partial charge in [-0.15, -0.1) is 5.23 Å². The summed E-state index contributed by atoms with van der Waals surface area (Å²) in [7, 11) is 0. The summed E-state index contributed by atoms with van der Waals surface area (Å²) in [5, 5.41) is 10.9. The molecule has 0 aromatic heterocycles. The van der Waals surface area contributed by atoms with Crippen molar-refractivity contribution >= 4 is 5.69 Å². The molecule has 1 aliphatic heterocycles. The summed E-state index contributed by atoms with van der Waals surface area (Å²) in [6.45, 7) is 2.03. The monoisotopic (exact) mass is 255 g/mol. The van der Waals surface area contributed by atoms with Gasteiger partial charge >= 0.3 is 0 Å². The number of anilines is 1. The highest BCUT2D eigenvalue weighted by molar-refractivity contribution is 5.52. The van der Waals surface area contributed by atoms with Crippen molar-refractivity contribution in [2.45, 2.75) is 25.4 Å². The summed E-state index contributed by atoms with van der Waals surface area (Å²) in [5.41, 5.74) is 2.62. The van der Waals surface area contributed by atoms with Crippen molar-refractivity contribution in [3.63, 3.8) is 0 Å². The van der Waals surface area contributed by atoms with Crippen LogP contribution in [0.2, 0.25) is 0 Å². The van der Waals surface area contributed by atoms with Gasteiger partial charge in [-0.25, -0.2) is 4.84 Å². The third-order valence-corrected chi connectivity index (χ3v) is 3.49. The van der Waals surface area contributed by atoms with Gasteiger partial charge in [0.15, 0.2) is 0 Å². The highest BCUT2D eigenvalue weighted by atomic mass is 16.9. The van der Waals surface area contributed by atoms with E-state index in [0.29, 0.717) is 0 Å². The van der Waals surface area contributed by atoms with Crippen molar-refractivity contribution in [2.24, 2.45) is 0 Å². The smallest absolute Gasteiger partial charge is 0.104 e. The minimum atomic E-state index is -0.426. The standard InChI is InChI=1S/C16H17NO2/c1-16(11-13-7-3-2-4-8-13)12-14-9-5-6-10-15(14)17(18)19-16/h2-10,18H,11-12H2,1H3. The average Bonchev–Trinajstić information content (AvgIpc) is 2.39. The first-order valence-corrected chi connectivity index (χ1v) is 6.46. The fourth-order valence-electron chi connectivity index (χ4n) is 2.66. The van der Waals surface area contributed by atoms with E-state index in [1.54, 1.807) is 0 Å². The largest absolute Gasteiger partial charge is 0.264 e. The van der Waals surface area contributed by atoms with Gasteiger partial charge < -0.3 is 0 Å². The fourth-order valence-corrected chi connectivity index (χ4v) is 2.66. The van der Waals surface area contributed by atoms with Crippen LogP contribution in [0, 0.1) is 0 Å². The maximum Gasteiger partial charge on any atom is 0.104 e. The molecule has 1 atom stereocenters. The molecular weight excluding hydrogens is 238 g/mol. The quantitative estimate of drug-likeness (QED) is 0.893. The molecule has 1 aliphatic rings. The Morgan fingerprint density at radius 2 is 1.79 bits per heavy atom. The second-order valence-corrected chi connectivity index (χ2v) is 5.28. The van der Waals surface area contributed by atoms with E-state index in [4.69, 9.17) is 4.84 Å². The Hall–Kier alpha value is -1.84. The minimum Gasteiger partial charge on any atom is -0.264 e. The van der Waals surface area contributed by atoms with Crippen LogP contribution in [-0.2, 0) is 17.7 Å². The maximum atomic E-state index is 9.99. The molecule has 0 bridgehead atoms.